The minimum Gasteiger partial charge on any atom is -0.297 e. The molecule has 0 fully saturated rings. The highest BCUT2D eigenvalue weighted by Gasteiger charge is 2.23. The minimum absolute atomic E-state index is 0.352. The van der Waals surface area contributed by atoms with Gasteiger partial charge in [0.05, 0.1) is 6.07 Å². The van der Waals surface area contributed by atoms with E-state index in [0.29, 0.717) is 6.04 Å². The van der Waals surface area contributed by atoms with Gasteiger partial charge in [-0.3, -0.25) is 5.32 Å². The Morgan fingerprint density at radius 3 is 2.62 bits per heavy atom. The van der Waals surface area contributed by atoms with E-state index in [1.165, 1.54) is 17.5 Å². The van der Waals surface area contributed by atoms with Crippen molar-refractivity contribution < 1.29 is 0 Å². The van der Waals surface area contributed by atoms with E-state index in [1.54, 1.807) is 0 Å². The Morgan fingerprint density at radius 1 is 1.29 bits per heavy atom. The van der Waals surface area contributed by atoms with Crippen LogP contribution in [0.2, 0.25) is 0 Å². The van der Waals surface area contributed by atoms with Gasteiger partial charge in [0.2, 0.25) is 0 Å². The van der Waals surface area contributed by atoms with E-state index < -0.39 is 0 Å². The van der Waals surface area contributed by atoms with Gasteiger partial charge in [-0.2, -0.15) is 17.0 Å². The molecule has 1 aromatic carbocycles. The summed E-state index contributed by atoms with van der Waals surface area (Å²) in [6, 6.07) is 11.4. The molecule has 1 atom stereocenters. The normalized spacial score (nSPS) is 13.9. The Kier molecular flexibility index (Phi) is 7.85. The fourth-order valence-corrected chi connectivity index (χ4v) is 3.53. The quantitative estimate of drug-likeness (QED) is 0.673. The third kappa shape index (κ3) is 7.02. The minimum atomic E-state index is -0.380. The van der Waals surface area contributed by atoms with Crippen LogP contribution in [-0.4, -0.2) is 17.3 Å². The molecule has 1 aromatic rings. The Morgan fingerprint density at radius 2 is 2.00 bits per heavy atom. The molecular weight excluding hydrogens is 276 g/mol. The predicted molar refractivity (Wildman–Crippen MR) is 93.5 cm³/mol. The molecule has 3 heteroatoms. The number of aryl methyl sites for hydroxylation is 1. The second-order valence-electron chi connectivity index (χ2n) is 6.18. The van der Waals surface area contributed by atoms with Crippen molar-refractivity contribution in [3.63, 3.8) is 0 Å². The lowest BCUT2D eigenvalue weighted by Gasteiger charge is -2.25. The van der Waals surface area contributed by atoms with Crippen LogP contribution in [0, 0.1) is 18.3 Å². The van der Waals surface area contributed by atoms with E-state index in [2.05, 4.69) is 56.4 Å². The molecule has 116 valence electrons. The second-order valence-corrected chi connectivity index (χ2v) is 7.28. The highest BCUT2D eigenvalue weighted by atomic mass is 32.2. The van der Waals surface area contributed by atoms with Crippen LogP contribution >= 0.6 is 11.8 Å². The van der Waals surface area contributed by atoms with Gasteiger partial charge >= 0.3 is 0 Å². The fraction of sp³-hybridized carbons (Fsp3) is 0.611. The molecule has 0 aliphatic heterocycles. The van der Waals surface area contributed by atoms with Crippen molar-refractivity contribution in [3.8, 4) is 6.07 Å². The maximum atomic E-state index is 9.30. The van der Waals surface area contributed by atoms with Gasteiger partial charge in [-0.05, 0) is 63.8 Å². The molecule has 2 nitrogen and oxygen atoms in total. The maximum absolute atomic E-state index is 9.30. The number of rotatable bonds is 9. The molecule has 0 aliphatic carbocycles. The Bertz CT molecular complexity index is 465. The van der Waals surface area contributed by atoms with Crippen LogP contribution in [0.25, 0.3) is 0 Å². The van der Waals surface area contributed by atoms with E-state index in [0.717, 1.165) is 24.3 Å². The summed E-state index contributed by atoms with van der Waals surface area (Å²) in [5.74, 6) is 2.25. The SMILES string of the molecule is Cc1ccccc1CSCCCCC(C)(C#N)NC(C)C. The molecular formula is C18H28N2S. The van der Waals surface area contributed by atoms with Crippen LogP contribution in [0.4, 0.5) is 0 Å². The molecule has 0 amide bonds. The summed E-state index contributed by atoms with van der Waals surface area (Å²) in [7, 11) is 0. The molecule has 0 bridgehead atoms. The van der Waals surface area contributed by atoms with E-state index in [4.69, 9.17) is 0 Å². The number of nitrogens with zero attached hydrogens (tertiary/aromatic N) is 1. The summed E-state index contributed by atoms with van der Waals surface area (Å²) in [5.41, 5.74) is 2.43. The molecule has 0 saturated heterocycles. The van der Waals surface area contributed by atoms with Crippen LogP contribution < -0.4 is 5.32 Å². The molecule has 0 spiro atoms. The maximum Gasteiger partial charge on any atom is 0.104 e. The lowest BCUT2D eigenvalue weighted by Crippen LogP contribution is -2.44. The molecule has 0 saturated carbocycles. The first-order valence-corrected chi connectivity index (χ1v) is 8.93. The lowest BCUT2D eigenvalue weighted by molar-refractivity contribution is 0.372. The zero-order valence-corrected chi connectivity index (χ0v) is 14.6. The average molecular weight is 305 g/mol. The topological polar surface area (TPSA) is 35.8 Å². The van der Waals surface area contributed by atoms with Gasteiger partial charge < -0.3 is 0 Å². The standard InChI is InChI=1S/C18H28N2S/c1-15(2)20-18(4,14-19)11-7-8-12-21-13-17-10-6-5-9-16(17)3/h5-6,9-10,15,20H,7-8,11-13H2,1-4H3. The van der Waals surface area contributed by atoms with Crippen LogP contribution in [0.1, 0.15) is 51.2 Å². The first-order valence-electron chi connectivity index (χ1n) is 7.78. The molecule has 0 aromatic heterocycles. The van der Waals surface area contributed by atoms with Gasteiger partial charge in [0.15, 0.2) is 0 Å². The van der Waals surface area contributed by atoms with Crippen LogP contribution in [0.3, 0.4) is 0 Å². The van der Waals surface area contributed by atoms with Crippen LogP contribution in [-0.2, 0) is 5.75 Å². The average Bonchev–Trinajstić information content (AvgIpc) is 2.43. The number of nitrogens with one attached hydrogen (secondary N) is 1. The van der Waals surface area contributed by atoms with E-state index >= 15 is 0 Å². The fourth-order valence-electron chi connectivity index (χ4n) is 2.43. The first-order chi connectivity index (χ1) is 9.97. The largest absolute Gasteiger partial charge is 0.297 e. The van der Waals surface area contributed by atoms with Crippen molar-refractivity contribution in [2.45, 2.75) is 64.3 Å². The Balaban J connectivity index is 2.20. The van der Waals surface area contributed by atoms with Crippen LogP contribution in [0.15, 0.2) is 24.3 Å². The second kappa shape index (κ2) is 9.12. The number of thioether (sulfide) groups is 1. The van der Waals surface area contributed by atoms with Gasteiger partial charge in [0.25, 0.3) is 0 Å². The molecule has 21 heavy (non-hydrogen) atoms. The van der Waals surface area contributed by atoms with Crippen molar-refractivity contribution in [1.82, 2.24) is 5.32 Å². The molecule has 1 unspecified atom stereocenters. The summed E-state index contributed by atoms with van der Waals surface area (Å²) in [6.07, 6.45) is 3.20. The van der Waals surface area contributed by atoms with Gasteiger partial charge in [-0.1, -0.05) is 24.3 Å². The summed E-state index contributed by atoms with van der Waals surface area (Å²) < 4.78 is 0. The van der Waals surface area contributed by atoms with Gasteiger partial charge in [0, 0.05) is 11.8 Å². The third-order valence-corrected chi connectivity index (χ3v) is 4.68. The highest BCUT2D eigenvalue weighted by molar-refractivity contribution is 7.98. The van der Waals surface area contributed by atoms with Gasteiger partial charge in [-0.25, -0.2) is 0 Å². The zero-order chi connectivity index (χ0) is 15.7. The van der Waals surface area contributed by atoms with E-state index in [9.17, 15) is 5.26 Å². The number of hydrogen-bond donors (Lipinski definition) is 1. The van der Waals surface area contributed by atoms with Crippen molar-refractivity contribution in [1.29, 1.82) is 5.26 Å². The van der Waals surface area contributed by atoms with Crippen molar-refractivity contribution in [3.05, 3.63) is 35.4 Å². The number of unbranched alkanes of at least 4 members (excludes halogenated alkanes) is 1. The molecule has 1 N–H and O–H groups in total. The summed E-state index contributed by atoms with van der Waals surface area (Å²) in [4.78, 5) is 0. The van der Waals surface area contributed by atoms with E-state index in [-0.39, 0.29) is 5.54 Å². The number of nitriles is 1. The molecule has 1 rings (SSSR count). The highest BCUT2D eigenvalue weighted by Crippen LogP contribution is 2.19. The van der Waals surface area contributed by atoms with E-state index in [1.807, 2.05) is 18.7 Å². The van der Waals surface area contributed by atoms with Crippen molar-refractivity contribution in [2.24, 2.45) is 0 Å². The molecule has 0 heterocycles. The van der Waals surface area contributed by atoms with Gasteiger partial charge in [0.1, 0.15) is 5.54 Å². The summed E-state index contributed by atoms with van der Waals surface area (Å²) >= 11 is 1.99. The zero-order valence-electron chi connectivity index (χ0n) is 13.8. The Hall–Kier alpha value is -0.980. The van der Waals surface area contributed by atoms with Crippen molar-refractivity contribution >= 4 is 11.8 Å². The lowest BCUT2D eigenvalue weighted by atomic mass is 9.96. The molecule has 0 radical (unpaired) electrons. The monoisotopic (exact) mass is 304 g/mol. The van der Waals surface area contributed by atoms with Crippen molar-refractivity contribution in [2.75, 3.05) is 5.75 Å². The summed E-state index contributed by atoms with van der Waals surface area (Å²) in [5, 5.41) is 12.7. The predicted octanol–water partition coefficient (Wildman–Crippen LogP) is 4.68. The first kappa shape index (κ1) is 18.1. The molecule has 0 aliphatic rings. The number of hydrogen-bond acceptors (Lipinski definition) is 3. The van der Waals surface area contributed by atoms with Crippen LogP contribution in [0.5, 0.6) is 0 Å². The number of benzene rings is 1. The summed E-state index contributed by atoms with van der Waals surface area (Å²) in [6.45, 7) is 8.36. The smallest absolute Gasteiger partial charge is 0.104 e. The third-order valence-electron chi connectivity index (χ3n) is 3.59. The Labute approximate surface area is 134 Å². The van der Waals surface area contributed by atoms with Gasteiger partial charge in [-0.15, -0.1) is 0 Å².